The first kappa shape index (κ1) is 15.4. The zero-order chi connectivity index (χ0) is 14.4. The van der Waals surface area contributed by atoms with Gasteiger partial charge in [0.05, 0.1) is 0 Å². The summed E-state index contributed by atoms with van der Waals surface area (Å²) in [4.78, 5) is 11.9. The van der Waals surface area contributed by atoms with Crippen molar-refractivity contribution >= 4 is 21.8 Å². The molecule has 0 aromatic heterocycles. The number of hydrogen-bond donors (Lipinski definition) is 1. The second kappa shape index (κ2) is 7.67. The van der Waals surface area contributed by atoms with Crippen LogP contribution in [-0.2, 0) is 11.2 Å². The number of amides is 1. The maximum absolute atomic E-state index is 11.9. The molecule has 1 aliphatic carbocycles. The Balaban J connectivity index is 1.83. The number of aryl methyl sites for hydroxylation is 1. The molecule has 0 spiro atoms. The molecule has 0 bridgehead atoms. The quantitative estimate of drug-likeness (QED) is 0.884. The van der Waals surface area contributed by atoms with E-state index in [2.05, 4.69) is 28.2 Å². The van der Waals surface area contributed by atoms with Crippen molar-refractivity contribution in [2.24, 2.45) is 0 Å². The standard InChI is InChI=1S/C16H22BrNO2/c1-2-12-10-13(17)8-9-15(12)20-11-16(19)18-14-6-4-3-5-7-14/h8-10,14H,2-7,11H2,1H3,(H,18,19). The van der Waals surface area contributed by atoms with Gasteiger partial charge in [-0.25, -0.2) is 0 Å². The van der Waals surface area contributed by atoms with Gasteiger partial charge in [-0.3, -0.25) is 4.79 Å². The van der Waals surface area contributed by atoms with Gasteiger partial charge in [0.2, 0.25) is 0 Å². The van der Waals surface area contributed by atoms with E-state index >= 15 is 0 Å². The van der Waals surface area contributed by atoms with E-state index < -0.39 is 0 Å². The van der Waals surface area contributed by atoms with Crippen LogP contribution >= 0.6 is 15.9 Å². The van der Waals surface area contributed by atoms with Crippen molar-refractivity contribution in [1.29, 1.82) is 0 Å². The Bertz CT molecular complexity index is 456. The molecule has 4 heteroatoms. The number of rotatable bonds is 5. The van der Waals surface area contributed by atoms with E-state index in [0.29, 0.717) is 6.04 Å². The summed E-state index contributed by atoms with van der Waals surface area (Å²) < 4.78 is 6.69. The van der Waals surface area contributed by atoms with E-state index in [1.54, 1.807) is 0 Å². The summed E-state index contributed by atoms with van der Waals surface area (Å²) >= 11 is 3.45. The van der Waals surface area contributed by atoms with E-state index in [1.807, 2.05) is 18.2 Å². The van der Waals surface area contributed by atoms with Crippen molar-refractivity contribution in [3.63, 3.8) is 0 Å². The lowest BCUT2D eigenvalue weighted by Crippen LogP contribution is -2.39. The van der Waals surface area contributed by atoms with Crippen molar-refractivity contribution < 1.29 is 9.53 Å². The van der Waals surface area contributed by atoms with Crippen LogP contribution in [0.25, 0.3) is 0 Å². The van der Waals surface area contributed by atoms with Gasteiger partial charge < -0.3 is 10.1 Å². The topological polar surface area (TPSA) is 38.3 Å². The molecule has 1 aromatic carbocycles. The fraction of sp³-hybridized carbons (Fsp3) is 0.562. The van der Waals surface area contributed by atoms with E-state index in [9.17, 15) is 4.79 Å². The van der Waals surface area contributed by atoms with Gasteiger partial charge in [-0.05, 0) is 43.0 Å². The molecule has 1 aromatic rings. The number of nitrogens with one attached hydrogen (secondary N) is 1. The van der Waals surface area contributed by atoms with Crippen LogP contribution in [0.4, 0.5) is 0 Å². The van der Waals surface area contributed by atoms with E-state index in [1.165, 1.54) is 19.3 Å². The number of halogens is 1. The molecular weight excluding hydrogens is 318 g/mol. The highest BCUT2D eigenvalue weighted by Crippen LogP contribution is 2.23. The third-order valence-corrected chi connectivity index (χ3v) is 4.23. The average molecular weight is 340 g/mol. The zero-order valence-electron chi connectivity index (χ0n) is 12.0. The molecule has 20 heavy (non-hydrogen) atoms. The minimum Gasteiger partial charge on any atom is -0.483 e. The summed E-state index contributed by atoms with van der Waals surface area (Å²) in [6.07, 6.45) is 6.83. The number of carbonyl (C=O) groups is 1. The SMILES string of the molecule is CCc1cc(Br)ccc1OCC(=O)NC1CCCCC1. The minimum atomic E-state index is -0.0122. The third-order valence-electron chi connectivity index (χ3n) is 3.73. The zero-order valence-corrected chi connectivity index (χ0v) is 13.5. The Hall–Kier alpha value is -1.03. The molecule has 0 aliphatic heterocycles. The minimum absolute atomic E-state index is 0.0122. The van der Waals surface area contributed by atoms with Gasteiger partial charge in [-0.1, -0.05) is 42.1 Å². The van der Waals surface area contributed by atoms with Crippen LogP contribution in [0.1, 0.15) is 44.6 Å². The van der Waals surface area contributed by atoms with E-state index in [0.717, 1.165) is 35.0 Å². The second-order valence-corrected chi connectivity index (χ2v) is 6.21. The summed E-state index contributed by atoms with van der Waals surface area (Å²) in [7, 11) is 0. The molecule has 0 radical (unpaired) electrons. The van der Waals surface area contributed by atoms with Gasteiger partial charge in [0, 0.05) is 10.5 Å². The van der Waals surface area contributed by atoms with Crippen LogP contribution in [0.2, 0.25) is 0 Å². The first-order valence-corrected chi connectivity index (χ1v) is 8.19. The van der Waals surface area contributed by atoms with Gasteiger partial charge in [-0.15, -0.1) is 0 Å². The lowest BCUT2D eigenvalue weighted by Gasteiger charge is -2.22. The Morgan fingerprint density at radius 3 is 2.80 bits per heavy atom. The highest BCUT2D eigenvalue weighted by atomic mass is 79.9. The largest absolute Gasteiger partial charge is 0.483 e. The number of carbonyl (C=O) groups excluding carboxylic acids is 1. The molecule has 0 heterocycles. The molecule has 1 saturated carbocycles. The highest BCUT2D eigenvalue weighted by Gasteiger charge is 2.16. The molecule has 2 rings (SSSR count). The van der Waals surface area contributed by atoms with Crippen molar-refractivity contribution in [3.8, 4) is 5.75 Å². The Morgan fingerprint density at radius 2 is 2.10 bits per heavy atom. The predicted octanol–water partition coefficient (Wildman–Crippen LogP) is 3.84. The first-order valence-electron chi connectivity index (χ1n) is 7.39. The molecule has 1 aliphatic rings. The number of hydrogen-bond acceptors (Lipinski definition) is 2. The van der Waals surface area contributed by atoms with Gasteiger partial charge >= 0.3 is 0 Å². The molecule has 1 N–H and O–H groups in total. The van der Waals surface area contributed by atoms with E-state index in [-0.39, 0.29) is 12.5 Å². The average Bonchev–Trinajstić information content (AvgIpc) is 2.47. The van der Waals surface area contributed by atoms with Crippen LogP contribution in [0.5, 0.6) is 5.75 Å². The molecule has 110 valence electrons. The van der Waals surface area contributed by atoms with Crippen LogP contribution in [0.15, 0.2) is 22.7 Å². The monoisotopic (exact) mass is 339 g/mol. The first-order chi connectivity index (χ1) is 9.69. The van der Waals surface area contributed by atoms with Gasteiger partial charge in [0.1, 0.15) is 5.75 Å². The molecule has 1 fully saturated rings. The summed E-state index contributed by atoms with van der Waals surface area (Å²) in [6, 6.07) is 6.23. The van der Waals surface area contributed by atoms with Crippen molar-refractivity contribution in [2.45, 2.75) is 51.5 Å². The maximum Gasteiger partial charge on any atom is 0.258 e. The normalized spacial score (nSPS) is 15.9. The van der Waals surface area contributed by atoms with Crippen molar-refractivity contribution in [2.75, 3.05) is 6.61 Å². The molecule has 0 saturated heterocycles. The Kier molecular flexibility index (Phi) is 5.89. The van der Waals surface area contributed by atoms with Crippen LogP contribution in [-0.4, -0.2) is 18.6 Å². The van der Waals surface area contributed by atoms with Crippen LogP contribution < -0.4 is 10.1 Å². The van der Waals surface area contributed by atoms with Gasteiger partial charge in [0.15, 0.2) is 6.61 Å². The van der Waals surface area contributed by atoms with Crippen LogP contribution in [0, 0.1) is 0 Å². The second-order valence-electron chi connectivity index (χ2n) is 5.30. The Morgan fingerprint density at radius 1 is 1.35 bits per heavy atom. The summed E-state index contributed by atoms with van der Waals surface area (Å²) in [6.45, 7) is 2.18. The predicted molar refractivity (Wildman–Crippen MR) is 84.0 cm³/mol. The van der Waals surface area contributed by atoms with Gasteiger partial charge in [-0.2, -0.15) is 0 Å². The molecule has 1 amide bonds. The summed E-state index contributed by atoms with van der Waals surface area (Å²) in [5.41, 5.74) is 1.12. The summed E-state index contributed by atoms with van der Waals surface area (Å²) in [5, 5.41) is 3.06. The van der Waals surface area contributed by atoms with Crippen molar-refractivity contribution in [3.05, 3.63) is 28.2 Å². The van der Waals surface area contributed by atoms with E-state index in [4.69, 9.17) is 4.74 Å². The molecule has 0 unspecified atom stereocenters. The van der Waals surface area contributed by atoms with Crippen LogP contribution in [0.3, 0.4) is 0 Å². The smallest absolute Gasteiger partial charge is 0.258 e. The highest BCUT2D eigenvalue weighted by molar-refractivity contribution is 9.10. The lowest BCUT2D eigenvalue weighted by molar-refractivity contribution is -0.124. The molecular formula is C16H22BrNO2. The number of ether oxygens (including phenoxy) is 1. The summed E-state index contributed by atoms with van der Waals surface area (Å²) in [5.74, 6) is 0.788. The van der Waals surface area contributed by atoms with Crippen molar-refractivity contribution in [1.82, 2.24) is 5.32 Å². The maximum atomic E-state index is 11.9. The molecule has 3 nitrogen and oxygen atoms in total. The fourth-order valence-electron chi connectivity index (χ4n) is 2.62. The third kappa shape index (κ3) is 4.51. The molecule has 0 atom stereocenters. The number of benzene rings is 1. The Labute approximate surface area is 129 Å². The lowest BCUT2D eigenvalue weighted by atomic mass is 9.95. The fourth-order valence-corrected chi connectivity index (χ4v) is 3.03. The van der Waals surface area contributed by atoms with Gasteiger partial charge in [0.25, 0.3) is 5.91 Å².